The molecule has 0 saturated carbocycles. The van der Waals surface area contributed by atoms with Crippen molar-refractivity contribution in [3.05, 3.63) is 29.8 Å². The number of piperidine rings is 1. The van der Waals surface area contributed by atoms with E-state index in [0.717, 1.165) is 31.6 Å². The largest absolute Gasteiger partial charge is 0.398 e. The number of rotatable bonds is 1. The molecule has 2 N–H and O–H groups in total. The van der Waals surface area contributed by atoms with E-state index in [1.165, 1.54) is 5.56 Å². The second kappa shape index (κ2) is 4.06. The van der Waals surface area contributed by atoms with E-state index in [1.807, 2.05) is 18.2 Å². The summed E-state index contributed by atoms with van der Waals surface area (Å²) >= 11 is 4.84. The molecule has 1 aliphatic rings. The van der Waals surface area contributed by atoms with Crippen molar-refractivity contribution in [3.63, 3.8) is 0 Å². The molecule has 0 unspecified atom stereocenters. The van der Waals surface area contributed by atoms with Crippen molar-refractivity contribution in [2.24, 2.45) is 0 Å². The lowest BCUT2D eigenvalue weighted by Crippen LogP contribution is -2.37. The molecule has 0 radical (unpaired) electrons. The minimum Gasteiger partial charge on any atom is -0.398 e. The quantitative estimate of drug-likeness (QED) is 0.563. The summed E-state index contributed by atoms with van der Waals surface area (Å²) in [7, 11) is 2.15. The zero-order valence-corrected chi connectivity index (χ0v) is 10.0. The van der Waals surface area contributed by atoms with Gasteiger partial charge in [-0.3, -0.25) is 0 Å². The highest BCUT2D eigenvalue weighted by atomic mass is 32.1. The predicted octanol–water partition coefficient (Wildman–Crippen LogP) is 2.12. The lowest BCUT2D eigenvalue weighted by atomic mass is 9.87. The molecule has 2 nitrogen and oxygen atoms in total. The van der Waals surface area contributed by atoms with Crippen LogP contribution in [0.25, 0.3) is 0 Å². The molecule has 0 aliphatic carbocycles. The van der Waals surface area contributed by atoms with Crippen molar-refractivity contribution in [1.29, 1.82) is 0 Å². The molecule has 1 saturated heterocycles. The number of benzene rings is 1. The molecule has 0 amide bonds. The first-order valence-corrected chi connectivity index (χ1v) is 5.82. The summed E-state index contributed by atoms with van der Waals surface area (Å²) in [5.74, 6) is 0. The maximum absolute atomic E-state index is 6.01. The number of nitrogen functional groups attached to an aromatic ring is 1. The van der Waals surface area contributed by atoms with Gasteiger partial charge in [-0.1, -0.05) is 18.2 Å². The van der Waals surface area contributed by atoms with Gasteiger partial charge in [-0.15, -0.1) is 0 Å². The third-order valence-corrected chi connectivity index (χ3v) is 3.96. The Morgan fingerprint density at radius 1 is 1.27 bits per heavy atom. The van der Waals surface area contributed by atoms with Gasteiger partial charge in [-0.25, -0.2) is 0 Å². The Morgan fingerprint density at radius 3 is 2.47 bits per heavy atom. The molecule has 15 heavy (non-hydrogen) atoms. The van der Waals surface area contributed by atoms with Crippen LogP contribution >= 0.6 is 12.6 Å². The molecule has 3 heteroatoms. The molecule has 1 aromatic carbocycles. The maximum Gasteiger partial charge on any atom is 0.0422 e. The Bertz CT molecular complexity index is 343. The van der Waals surface area contributed by atoms with Crippen LogP contribution in [0.4, 0.5) is 5.69 Å². The van der Waals surface area contributed by atoms with Gasteiger partial charge in [0.25, 0.3) is 0 Å². The molecule has 82 valence electrons. The fourth-order valence-corrected chi connectivity index (χ4v) is 2.58. The van der Waals surface area contributed by atoms with Crippen molar-refractivity contribution in [2.75, 3.05) is 25.9 Å². The van der Waals surface area contributed by atoms with Crippen molar-refractivity contribution < 1.29 is 0 Å². The molecule has 0 spiro atoms. The molecule has 1 heterocycles. The molecule has 1 aromatic rings. The summed E-state index contributed by atoms with van der Waals surface area (Å²) in [5.41, 5.74) is 8.08. The zero-order valence-electron chi connectivity index (χ0n) is 9.11. The van der Waals surface area contributed by atoms with E-state index in [1.54, 1.807) is 0 Å². The maximum atomic E-state index is 6.01. The molecular weight excluding hydrogens is 204 g/mol. The summed E-state index contributed by atoms with van der Waals surface area (Å²) in [5, 5.41) is 0. The minimum atomic E-state index is -0.0299. The van der Waals surface area contributed by atoms with Crippen molar-refractivity contribution in [3.8, 4) is 0 Å². The summed E-state index contributed by atoms with van der Waals surface area (Å²) in [6.45, 7) is 2.19. The molecule has 0 atom stereocenters. The van der Waals surface area contributed by atoms with Crippen LogP contribution in [0.2, 0.25) is 0 Å². The number of hydrogen-bond acceptors (Lipinski definition) is 3. The first kappa shape index (κ1) is 10.8. The Labute approximate surface area is 96.9 Å². The van der Waals surface area contributed by atoms with Crippen molar-refractivity contribution >= 4 is 18.3 Å². The third-order valence-electron chi connectivity index (χ3n) is 3.28. The SMILES string of the molecule is CN1CCC(S)(c2ccccc2N)CC1. The van der Waals surface area contributed by atoms with Gasteiger partial charge in [0.1, 0.15) is 0 Å². The summed E-state index contributed by atoms with van der Waals surface area (Å²) in [6.07, 6.45) is 2.14. The van der Waals surface area contributed by atoms with E-state index < -0.39 is 0 Å². The molecule has 1 fully saturated rings. The molecule has 0 aromatic heterocycles. The molecule has 2 rings (SSSR count). The van der Waals surface area contributed by atoms with E-state index >= 15 is 0 Å². The van der Waals surface area contributed by atoms with Gasteiger partial charge in [0.05, 0.1) is 0 Å². The molecule has 1 aliphatic heterocycles. The van der Waals surface area contributed by atoms with Crippen LogP contribution in [0.1, 0.15) is 18.4 Å². The minimum absolute atomic E-state index is 0.0299. The normalized spacial score (nSPS) is 21.5. The topological polar surface area (TPSA) is 29.3 Å². The average Bonchev–Trinajstić information content (AvgIpc) is 2.23. The summed E-state index contributed by atoms with van der Waals surface area (Å²) in [6, 6.07) is 8.09. The Balaban J connectivity index is 2.26. The number of para-hydroxylation sites is 1. The van der Waals surface area contributed by atoms with Gasteiger partial charge in [0, 0.05) is 10.4 Å². The number of likely N-dealkylation sites (tertiary alicyclic amines) is 1. The van der Waals surface area contributed by atoms with Crippen LogP contribution in [0, 0.1) is 0 Å². The zero-order chi connectivity index (χ0) is 10.9. The van der Waals surface area contributed by atoms with E-state index in [0.29, 0.717) is 0 Å². The van der Waals surface area contributed by atoms with E-state index in [9.17, 15) is 0 Å². The van der Waals surface area contributed by atoms with Gasteiger partial charge in [-0.05, 0) is 44.6 Å². The van der Waals surface area contributed by atoms with Gasteiger partial charge in [0.2, 0.25) is 0 Å². The smallest absolute Gasteiger partial charge is 0.0422 e. The summed E-state index contributed by atoms with van der Waals surface area (Å²) in [4.78, 5) is 2.34. The van der Waals surface area contributed by atoms with Crippen LogP contribution < -0.4 is 5.73 Å². The van der Waals surface area contributed by atoms with Gasteiger partial charge in [-0.2, -0.15) is 12.6 Å². The highest BCUT2D eigenvalue weighted by Gasteiger charge is 2.32. The fraction of sp³-hybridized carbons (Fsp3) is 0.500. The first-order chi connectivity index (χ1) is 7.12. The Morgan fingerprint density at radius 2 is 1.87 bits per heavy atom. The number of hydrogen-bond donors (Lipinski definition) is 2. The lowest BCUT2D eigenvalue weighted by molar-refractivity contribution is 0.241. The van der Waals surface area contributed by atoms with Crippen LogP contribution in [0.5, 0.6) is 0 Å². The van der Waals surface area contributed by atoms with Gasteiger partial charge >= 0.3 is 0 Å². The molecular formula is C12H18N2S. The number of nitrogens with two attached hydrogens (primary N) is 1. The van der Waals surface area contributed by atoms with Crippen molar-refractivity contribution in [2.45, 2.75) is 17.6 Å². The van der Waals surface area contributed by atoms with Crippen LogP contribution in [0.15, 0.2) is 24.3 Å². The lowest BCUT2D eigenvalue weighted by Gasteiger charge is -2.38. The molecule has 0 bridgehead atoms. The average molecular weight is 222 g/mol. The Hall–Kier alpha value is -0.670. The standard InChI is InChI=1S/C12H18N2S/c1-14-8-6-12(15,7-9-14)10-4-2-3-5-11(10)13/h2-5,15H,6-9,13H2,1H3. The van der Waals surface area contributed by atoms with Gasteiger partial charge < -0.3 is 10.6 Å². The van der Waals surface area contributed by atoms with Crippen molar-refractivity contribution in [1.82, 2.24) is 4.90 Å². The van der Waals surface area contributed by atoms with E-state index in [4.69, 9.17) is 18.4 Å². The van der Waals surface area contributed by atoms with Gasteiger partial charge in [0.15, 0.2) is 0 Å². The first-order valence-electron chi connectivity index (χ1n) is 5.38. The Kier molecular flexibility index (Phi) is 2.94. The highest BCUT2D eigenvalue weighted by molar-refractivity contribution is 7.81. The summed E-state index contributed by atoms with van der Waals surface area (Å²) < 4.78 is -0.0299. The number of anilines is 1. The predicted molar refractivity (Wildman–Crippen MR) is 68.2 cm³/mol. The number of nitrogens with zero attached hydrogens (tertiary/aromatic N) is 1. The monoisotopic (exact) mass is 222 g/mol. The van der Waals surface area contributed by atoms with Crippen LogP contribution in [0.3, 0.4) is 0 Å². The van der Waals surface area contributed by atoms with Crippen LogP contribution in [-0.2, 0) is 4.75 Å². The second-order valence-electron chi connectivity index (χ2n) is 4.42. The second-order valence-corrected chi connectivity index (χ2v) is 5.28. The van der Waals surface area contributed by atoms with E-state index in [-0.39, 0.29) is 4.75 Å². The highest BCUT2D eigenvalue weighted by Crippen LogP contribution is 2.41. The number of thiol groups is 1. The fourth-order valence-electron chi connectivity index (χ4n) is 2.18. The van der Waals surface area contributed by atoms with E-state index in [2.05, 4.69) is 18.0 Å². The third kappa shape index (κ3) is 2.13. The van der Waals surface area contributed by atoms with Crippen LogP contribution in [-0.4, -0.2) is 25.0 Å².